The Kier molecular flexibility index (Phi) is 29.8. The minimum atomic E-state index is -2.50. The number of para-hydroxylation sites is 1. The lowest BCUT2D eigenvalue weighted by atomic mass is 10.0. The standard InChI is InChI=1S/C89H130N2Si3/c1-9-17-24-30-35-45-68-93(67-43-33-27-20-12-4,90-86-51-39-38-50-82(86)85-72-76-48-36-37-49-77(76)73-89(85)90)80-58-54-78(55-59-80)92(64-40-31-25-18-10-2,65-41-32-26-19-11-3)79-56-60-81(61-57-79)94(66-42-29-22-14-6,69-44-34-28-21-13-5)91-87-70-74(46-16-8)52-62-83(87)84-63-53-75(47-23-15-7)71-88(84)91/h36-39,48-63,70-73H,9-35,40-47,64-69H2,1-8H3. The molecule has 2 unspecified atom stereocenters. The van der Waals surface area contributed by atoms with Crippen molar-refractivity contribution in [2.45, 2.75) is 316 Å². The molecule has 2 heterocycles. The smallest absolute Gasteiger partial charge is 0.193 e. The Hall–Kier alpha value is -4.95. The molecule has 0 bridgehead atoms. The third kappa shape index (κ3) is 17.8. The first-order chi connectivity index (χ1) is 46.3. The van der Waals surface area contributed by atoms with Crippen LogP contribution in [0.2, 0.25) is 36.3 Å². The maximum atomic E-state index is 3.14. The normalized spacial score (nSPS) is 13.5. The Balaban J connectivity index is 1.26. The monoisotopic (exact) mass is 1310 g/mol. The first kappa shape index (κ1) is 73.3. The molecule has 9 rings (SSSR count). The first-order valence-corrected chi connectivity index (χ1v) is 47.1. The van der Waals surface area contributed by atoms with Crippen molar-refractivity contribution in [1.82, 2.24) is 8.47 Å². The lowest BCUT2D eigenvalue weighted by molar-refractivity contribution is 0.619. The zero-order valence-electron chi connectivity index (χ0n) is 61.2. The van der Waals surface area contributed by atoms with Gasteiger partial charge in [-0.15, -0.1) is 0 Å². The lowest BCUT2D eigenvalue weighted by Crippen LogP contribution is -2.60. The van der Waals surface area contributed by atoms with Gasteiger partial charge in [-0.1, -0.05) is 386 Å². The van der Waals surface area contributed by atoms with Crippen molar-refractivity contribution < 1.29 is 0 Å². The van der Waals surface area contributed by atoms with E-state index < -0.39 is 24.5 Å². The van der Waals surface area contributed by atoms with Crippen LogP contribution in [0.25, 0.3) is 54.4 Å². The predicted molar refractivity (Wildman–Crippen MR) is 430 cm³/mol. The highest BCUT2D eigenvalue weighted by Crippen LogP contribution is 2.41. The highest BCUT2D eigenvalue weighted by atomic mass is 28.3. The molecule has 9 aromatic rings. The molecule has 0 aliphatic rings. The fourth-order valence-electron chi connectivity index (χ4n) is 17.4. The Morgan fingerprint density at radius 1 is 0.234 bits per heavy atom. The fraction of sp³-hybridized carbons (Fsp3) is 0.551. The van der Waals surface area contributed by atoms with Gasteiger partial charge in [-0.2, -0.15) is 0 Å². The number of hydrogen-bond donors (Lipinski definition) is 0. The molecular formula is C89H130N2Si3. The van der Waals surface area contributed by atoms with E-state index in [4.69, 9.17) is 0 Å². The van der Waals surface area contributed by atoms with Gasteiger partial charge in [-0.05, 0) is 118 Å². The summed E-state index contributed by atoms with van der Waals surface area (Å²) in [5.41, 5.74) is 9.04. The molecule has 0 aliphatic carbocycles. The van der Waals surface area contributed by atoms with Crippen LogP contribution in [-0.2, 0) is 12.8 Å². The van der Waals surface area contributed by atoms with E-state index in [9.17, 15) is 0 Å². The van der Waals surface area contributed by atoms with E-state index in [0.29, 0.717) is 0 Å². The van der Waals surface area contributed by atoms with Gasteiger partial charge in [0.15, 0.2) is 16.5 Å². The average molecular weight is 1310 g/mol. The van der Waals surface area contributed by atoms with E-state index in [1.807, 2.05) is 0 Å². The SMILES string of the molecule is CCCCCCCC[Si](CCCCCCC)(c1ccc([Si](CCCCCCC)(CCCCCCC)c2ccc([Si](CCCCCC)(CCCCCCC)n3c4cc(CCC)ccc4c4ccc(CCCC)cc43)cc2)cc1)n1c2ccccc2c2cc3ccccc3cc21. The third-order valence-electron chi connectivity index (χ3n) is 22.8. The maximum absolute atomic E-state index is 3.14. The molecular weight excluding hydrogens is 1180 g/mol. The van der Waals surface area contributed by atoms with Crippen molar-refractivity contribution in [3.63, 3.8) is 0 Å². The zero-order valence-corrected chi connectivity index (χ0v) is 64.2. The molecule has 0 saturated carbocycles. The molecule has 2 atom stereocenters. The number of benzene rings is 7. The molecule has 5 heteroatoms. The van der Waals surface area contributed by atoms with E-state index in [1.54, 1.807) is 20.7 Å². The zero-order chi connectivity index (χ0) is 65.9. The average Bonchev–Trinajstić information content (AvgIpc) is 1.53. The van der Waals surface area contributed by atoms with Gasteiger partial charge in [-0.3, -0.25) is 0 Å². The van der Waals surface area contributed by atoms with Crippen molar-refractivity contribution in [3.05, 3.63) is 157 Å². The van der Waals surface area contributed by atoms with E-state index in [2.05, 4.69) is 209 Å². The van der Waals surface area contributed by atoms with Crippen LogP contribution in [0, 0.1) is 0 Å². The molecule has 0 spiro atoms. The largest absolute Gasteiger partial charge is 0.363 e. The van der Waals surface area contributed by atoms with Crippen LogP contribution in [0.15, 0.2) is 146 Å². The second-order valence-corrected chi connectivity index (χ2v) is 42.2. The second-order valence-electron chi connectivity index (χ2n) is 29.7. The molecule has 0 fully saturated rings. The van der Waals surface area contributed by atoms with Gasteiger partial charge in [0.25, 0.3) is 0 Å². The minimum absolute atomic E-state index is 1.14. The van der Waals surface area contributed by atoms with Crippen molar-refractivity contribution in [2.24, 2.45) is 0 Å². The molecule has 0 N–H and O–H groups in total. The van der Waals surface area contributed by atoms with E-state index in [-0.39, 0.29) is 0 Å². The van der Waals surface area contributed by atoms with E-state index in [0.717, 1.165) is 12.8 Å². The van der Waals surface area contributed by atoms with Gasteiger partial charge in [0.2, 0.25) is 0 Å². The van der Waals surface area contributed by atoms with Crippen LogP contribution in [0.3, 0.4) is 0 Å². The van der Waals surface area contributed by atoms with Crippen LogP contribution < -0.4 is 20.7 Å². The highest BCUT2D eigenvalue weighted by Gasteiger charge is 2.43. The Morgan fingerprint density at radius 2 is 0.564 bits per heavy atom. The molecule has 0 amide bonds. The van der Waals surface area contributed by atoms with E-state index >= 15 is 0 Å². The Labute approximate surface area is 577 Å². The summed E-state index contributed by atoms with van der Waals surface area (Å²) in [5.74, 6) is 0. The predicted octanol–water partition coefficient (Wildman–Crippen LogP) is 26.1. The van der Waals surface area contributed by atoms with Gasteiger partial charge < -0.3 is 8.47 Å². The van der Waals surface area contributed by atoms with E-state index in [1.165, 1.54) is 314 Å². The highest BCUT2D eigenvalue weighted by molar-refractivity contribution is 7.02. The van der Waals surface area contributed by atoms with Gasteiger partial charge in [0.05, 0.1) is 0 Å². The van der Waals surface area contributed by atoms with Gasteiger partial charge in [-0.25, -0.2) is 0 Å². The molecule has 7 aromatic carbocycles. The molecule has 94 heavy (non-hydrogen) atoms. The topological polar surface area (TPSA) is 9.86 Å². The number of fused-ring (bicyclic) bond motifs is 7. The van der Waals surface area contributed by atoms with Crippen LogP contribution in [0.1, 0.15) is 278 Å². The van der Waals surface area contributed by atoms with Crippen LogP contribution in [-0.4, -0.2) is 33.0 Å². The number of aromatic nitrogens is 2. The number of rotatable bonds is 47. The van der Waals surface area contributed by atoms with Gasteiger partial charge >= 0.3 is 0 Å². The number of nitrogens with zero attached hydrogens (tertiary/aromatic N) is 2. The number of hydrogen-bond acceptors (Lipinski definition) is 0. The summed E-state index contributed by atoms with van der Waals surface area (Å²) in [6, 6.07) is 70.0. The summed E-state index contributed by atoms with van der Waals surface area (Å²) in [5, 5.41) is 15.4. The van der Waals surface area contributed by atoms with Gasteiger partial charge in [0, 0.05) is 43.6 Å². The van der Waals surface area contributed by atoms with Gasteiger partial charge in [0.1, 0.15) is 8.07 Å². The van der Waals surface area contributed by atoms with Crippen LogP contribution in [0.5, 0.6) is 0 Å². The first-order valence-electron chi connectivity index (χ1n) is 40.0. The van der Waals surface area contributed by atoms with Crippen LogP contribution in [0.4, 0.5) is 0 Å². The summed E-state index contributed by atoms with van der Waals surface area (Å²) in [7, 11) is -7.34. The summed E-state index contributed by atoms with van der Waals surface area (Å²) in [6.45, 7) is 19.1. The molecule has 0 saturated heterocycles. The second kappa shape index (κ2) is 38.3. The Bertz CT molecular complexity index is 3630. The summed E-state index contributed by atoms with van der Waals surface area (Å²) < 4.78 is 6.22. The molecule has 0 aliphatic heterocycles. The fourth-order valence-corrected chi connectivity index (χ4v) is 33.0. The van der Waals surface area contributed by atoms with Crippen molar-refractivity contribution in [1.29, 1.82) is 0 Å². The van der Waals surface area contributed by atoms with Crippen LogP contribution >= 0.6 is 0 Å². The van der Waals surface area contributed by atoms with Crippen molar-refractivity contribution in [3.8, 4) is 0 Å². The quantitative estimate of drug-likeness (QED) is 0.0266. The molecule has 508 valence electrons. The third-order valence-corrected chi connectivity index (χ3v) is 38.3. The minimum Gasteiger partial charge on any atom is -0.363 e. The maximum Gasteiger partial charge on any atom is 0.193 e. The van der Waals surface area contributed by atoms with Crippen molar-refractivity contribution >= 4 is 99.7 Å². The molecule has 2 nitrogen and oxygen atoms in total. The number of unbranched alkanes of at least 4 members (excludes halogenated alkanes) is 25. The van der Waals surface area contributed by atoms with Crippen molar-refractivity contribution in [2.75, 3.05) is 0 Å². The Morgan fingerprint density at radius 3 is 1.00 bits per heavy atom. The number of aryl methyl sites for hydroxylation is 2. The lowest BCUT2D eigenvalue weighted by Gasteiger charge is -2.38. The molecule has 2 aromatic heterocycles. The molecule has 0 radical (unpaired) electrons. The summed E-state index contributed by atoms with van der Waals surface area (Å²) in [6.07, 6.45) is 45.9. The summed E-state index contributed by atoms with van der Waals surface area (Å²) in [4.78, 5) is 0. The summed E-state index contributed by atoms with van der Waals surface area (Å²) >= 11 is 0.